The SMILES string of the molecule is Cc1cccc2c3c(ccc12)C(c1ccccc1)(c1ccccc1)c1cc(N(c2ccccc2)c2ccc4c(c2)C(c2ccccc2)(c2ccccc2)c2ccccc2-4)ccc1-3.Fc1cccc2c3c(ccc12)C(c1ccccc1)(c1ccccc1)c1cc(N(c2ccccc2)c2cccc4oc5ccccc5c24)ccc1-3. The average molecular weight is 1430 g/mol. The van der Waals surface area contributed by atoms with Gasteiger partial charge in [0.25, 0.3) is 0 Å². The Kier molecular flexibility index (Phi) is 15.7. The number of hydrogen-bond donors (Lipinski definition) is 0. The third kappa shape index (κ3) is 9.91. The molecule has 3 nitrogen and oxygen atoms in total. The van der Waals surface area contributed by atoms with Crippen molar-refractivity contribution < 1.29 is 8.81 Å². The Labute approximate surface area is 651 Å². The summed E-state index contributed by atoms with van der Waals surface area (Å²) in [7, 11) is 0. The summed E-state index contributed by atoms with van der Waals surface area (Å²) >= 11 is 0. The van der Waals surface area contributed by atoms with Gasteiger partial charge in [0.1, 0.15) is 17.0 Å². The summed E-state index contributed by atoms with van der Waals surface area (Å²) in [6, 6.07) is 153. The second-order valence-electron chi connectivity index (χ2n) is 29.8. The third-order valence-corrected chi connectivity index (χ3v) is 24.1. The van der Waals surface area contributed by atoms with Crippen LogP contribution < -0.4 is 9.80 Å². The molecule has 19 aromatic rings. The highest BCUT2D eigenvalue weighted by Gasteiger charge is 2.50. The molecule has 0 atom stereocenters. The topological polar surface area (TPSA) is 19.6 Å². The molecule has 112 heavy (non-hydrogen) atoms. The molecule has 0 saturated carbocycles. The predicted octanol–water partition coefficient (Wildman–Crippen LogP) is 28.1. The van der Waals surface area contributed by atoms with Crippen molar-refractivity contribution in [1.29, 1.82) is 0 Å². The Morgan fingerprint density at radius 3 is 1.10 bits per heavy atom. The van der Waals surface area contributed by atoms with E-state index >= 15 is 4.39 Å². The molecule has 1 heterocycles. The second kappa shape index (κ2) is 26.6. The van der Waals surface area contributed by atoms with Crippen molar-refractivity contribution >= 4 is 77.6 Å². The number of anilines is 6. The standard InChI is InChI=1S/C61H43N.C47H30FNO/c1-42-20-19-32-53-50(42)38-39-56-59(53)54-37-35-49(41-58(54)61(56,45-25-11-4-12-26-45)46-27-13-5-14-28-46)62(47-29-15-6-16-30-47)48-34-36-52-51-31-17-18-33-55(51)60(57(52)40-48,43-21-7-2-8-22-43)44-23-9-3-10-24-44;48-41-22-12-21-36-35(41)28-29-39-45(36)37-27-26-34(30-40(37)47(39,31-14-4-1-5-15-31)32-16-6-2-7-17-32)49(33-18-8-3-9-19-33)42-23-13-25-44-46(42)38-20-10-11-24-43(38)50-44/h2-41H,1H3;1-30H. The monoisotopic (exact) mass is 1430 g/mol. The molecular weight excluding hydrogens is 1360 g/mol. The maximum Gasteiger partial charge on any atom is 0.137 e. The van der Waals surface area contributed by atoms with Crippen LogP contribution in [0, 0.1) is 12.7 Å². The summed E-state index contributed by atoms with van der Waals surface area (Å²) in [5, 5.41) is 6.27. The molecule has 3 aliphatic rings. The van der Waals surface area contributed by atoms with Gasteiger partial charge in [0.2, 0.25) is 0 Å². The van der Waals surface area contributed by atoms with Crippen LogP contribution in [-0.2, 0) is 16.2 Å². The zero-order valence-electron chi connectivity index (χ0n) is 61.6. The van der Waals surface area contributed by atoms with Crippen molar-refractivity contribution in [3.63, 3.8) is 0 Å². The summed E-state index contributed by atoms with van der Waals surface area (Å²) in [5.74, 6) is -0.212. The highest BCUT2D eigenvalue weighted by atomic mass is 19.1. The van der Waals surface area contributed by atoms with E-state index in [-0.39, 0.29) is 5.82 Å². The number of para-hydroxylation sites is 3. The van der Waals surface area contributed by atoms with Crippen molar-refractivity contribution in [2.45, 2.75) is 23.2 Å². The van der Waals surface area contributed by atoms with Crippen LogP contribution in [0.1, 0.15) is 72.3 Å². The number of aryl methyl sites for hydroxylation is 1. The molecule has 0 saturated heterocycles. The van der Waals surface area contributed by atoms with Crippen molar-refractivity contribution in [1.82, 2.24) is 0 Å². The molecule has 22 rings (SSSR count). The van der Waals surface area contributed by atoms with Gasteiger partial charge in [0, 0.05) is 39.2 Å². The van der Waals surface area contributed by atoms with Gasteiger partial charge in [-0.2, -0.15) is 0 Å². The molecule has 18 aromatic carbocycles. The Morgan fingerprint density at radius 1 is 0.232 bits per heavy atom. The maximum atomic E-state index is 15.4. The fourth-order valence-corrected chi connectivity index (χ4v) is 19.6. The first-order chi connectivity index (χ1) is 55.4. The molecule has 0 unspecified atom stereocenters. The van der Waals surface area contributed by atoms with Crippen LogP contribution >= 0.6 is 0 Å². The van der Waals surface area contributed by atoms with Crippen molar-refractivity contribution in [3.05, 3.63) is 503 Å². The number of nitrogens with zero attached hydrogens (tertiary/aromatic N) is 2. The van der Waals surface area contributed by atoms with E-state index in [1.165, 1.54) is 83.1 Å². The van der Waals surface area contributed by atoms with Gasteiger partial charge in [-0.15, -0.1) is 0 Å². The van der Waals surface area contributed by atoms with E-state index in [2.05, 4.69) is 405 Å². The Balaban J connectivity index is 0.000000145. The van der Waals surface area contributed by atoms with Crippen LogP contribution in [0.4, 0.5) is 38.5 Å². The van der Waals surface area contributed by atoms with Crippen LogP contribution in [0.15, 0.2) is 429 Å². The molecule has 0 bridgehead atoms. The first-order valence-electron chi connectivity index (χ1n) is 38.6. The van der Waals surface area contributed by atoms with Gasteiger partial charge in [0.15, 0.2) is 0 Å². The molecule has 0 N–H and O–H groups in total. The van der Waals surface area contributed by atoms with Gasteiger partial charge in [-0.3, -0.25) is 0 Å². The minimum atomic E-state index is -0.652. The average Bonchev–Trinajstić information content (AvgIpc) is 1.54. The molecule has 528 valence electrons. The quantitative estimate of drug-likeness (QED) is 0.122. The van der Waals surface area contributed by atoms with Gasteiger partial charge in [-0.05, 0) is 214 Å². The summed E-state index contributed by atoms with van der Waals surface area (Å²) in [4.78, 5) is 4.81. The first kappa shape index (κ1) is 66.0. The van der Waals surface area contributed by atoms with E-state index in [4.69, 9.17) is 4.42 Å². The number of furan rings is 1. The number of rotatable bonds is 12. The normalized spacial score (nSPS) is 13.5. The molecule has 0 aliphatic heterocycles. The lowest BCUT2D eigenvalue weighted by Crippen LogP contribution is -2.29. The second-order valence-corrected chi connectivity index (χ2v) is 29.8. The minimum absolute atomic E-state index is 0.212. The van der Waals surface area contributed by atoms with Gasteiger partial charge in [-0.1, -0.05) is 340 Å². The lowest BCUT2D eigenvalue weighted by atomic mass is 9.67. The van der Waals surface area contributed by atoms with Crippen LogP contribution in [0.3, 0.4) is 0 Å². The summed E-state index contributed by atoms with van der Waals surface area (Å²) in [6.07, 6.45) is 0. The lowest BCUT2D eigenvalue weighted by molar-refractivity contribution is 0.640. The van der Waals surface area contributed by atoms with Gasteiger partial charge < -0.3 is 14.2 Å². The fourth-order valence-electron chi connectivity index (χ4n) is 19.6. The zero-order valence-corrected chi connectivity index (χ0v) is 61.6. The lowest BCUT2D eigenvalue weighted by Gasteiger charge is -2.36. The number of benzene rings is 18. The zero-order chi connectivity index (χ0) is 74.5. The molecule has 3 aliphatic carbocycles. The molecule has 0 amide bonds. The molecule has 0 fully saturated rings. The van der Waals surface area contributed by atoms with Gasteiger partial charge in [-0.25, -0.2) is 4.39 Å². The highest BCUT2D eigenvalue weighted by Crippen LogP contribution is 2.63. The largest absolute Gasteiger partial charge is 0.456 e. The summed E-state index contributed by atoms with van der Waals surface area (Å²) < 4.78 is 21.8. The van der Waals surface area contributed by atoms with E-state index in [0.717, 1.165) is 94.8 Å². The molecule has 4 heteroatoms. The van der Waals surface area contributed by atoms with E-state index in [1.807, 2.05) is 30.3 Å². The van der Waals surface area contributed by atoms with E-state index < -0.39 is 16.2 Å². The highest BCUT2D eigenvalue weighted by molar-refractivity contribution is 6.14. The molecule has 0 spiro atoms. The minimum Gasteiger partial charge on any atom is -0.456 e. The molecule has 0 radical (unpaired) electrons. The van der Waals surface area contributed by atoms with Crippen LogP contribution in [0.5, 0.6) is 0 Å². The Morgan fingerprint density at radius 2 is 0.589 bits per heavy atom. The Bertz CT molecular complexity index is 6710. The smallest absolute Gasteiger partial charge is 0.137 e. The fraction of sp³-hybridized carbons (Fsp3) is 0.0370. The third-order valence-electron chi connectivity index (χ3n) is 24.1. The molecule has 1 aromatic heterocycles. The number of hydrogen-bond acceptors (Lipinski definition) is 3. The van der Waals surface area contributed by atoms with Crippen molar-refractivity contribution in [2.75, 3.05) is 9.80 Å². The van der Waals surface area contributed by atoms with E-state index in [0.29, 0.717) is 5.39 Å². The van der Waals surface area contributed by atoms with Crippen LogP contribution in [0.25, 0.3) is 76.9 Å². The van der Waals surface area contributed by atoms with E-state index in [9.17, 15) is 0 Å². The van der Waals surface area contributed by atoms with Gasteiger partial charge in [0.05, 0.1) is 27.3 Å². The van der Waals surface area contributed by atoms with Crippen molar-refractivity contribution in [2.24, 2.45) is 0 Å². The number of halogens is 1. The summed E-state index contributed by atoms with van der Waals surface area (Å²) in [5.41, 5.74) is 29.9. The van der Waals surface area contributed by atoms with E-state index in [1.54, 1.807) is 6.07 Å². The first-order valence-corrected chi connectivity index (χ1v) is 38.6. The Hall–Kier alpha value is -14.2. The maximum absolute atomic E-state index is 15.4. The van der Waals surface area contributed by atoms with Gasteiger partial charge >= 0.3 is 0 Å². The summed E-state index contributed by atoms with van der Waals surface area (Å²) in [6.45, 7) is 2.23. The van der Waals surface area contributed by atoms with Crippen molar-refractivity contribution in [3.8, 4) is 33.4 Å². The number of fused-ring (bicyclic) bond motifs is 16. The van der Waals surface area contributed by atoms with Crippen LogP contribution in [0.2, 0.25) is 0 Å². The predicted molar refractivity (Wildman–Crippen MR) is 461 cm³/mol. The molecular formula is C108H73FN2O. The van der Waals surface area contributed by atoms with Crippen LogP contribution in [-0.4, -0.2) is 0 Å².